The van der Waals surface area contributed by atoms with E-state index in [4.69, 9.17) is 16.3 Å². The van der Waals surface area contributed by atoms with Crippen molar-refractivity contribution < 1.29 is 24.4 Å². The summed E-state index contributed by atoms with van der Waals surface area (Å²) in [5, 5.41) is 25.0. The number of carbonyl (C=O) groups is 2. The van der Waals surface area contributed by atoms with Crippen LogP contribution in [0.1, 0.15) is 26.3 Å². The highest BCUT2D eigenvalue weighted by Gasteiger charge is 2.27. The zero-order valence-corrected chi connectivity index (χ0v) is 18.1. The molecule has 4 aromatic rings. The zero-order valence-electron chi connectivity index (χ0n) is 17.3. The van der Waals surface area contributed by atoms with Crippen molar-refractivity contribution in [2.45, 2.75) is 0 Å². The van der Waals surface area contributed by atoms with E-state index >= 15 is 0 Å². The lowest BCUT2D eigenvalue weighted by Crippen LogP contribution is -2.26. The van der Waals surface area contributed by atoms with Gasteiger partial charge in [-0.1, -0.05) is 54.1 Å². The third-order valence-electron chi connectivity index (χ3n) is 4.97. The highest BCUT2D eigenvalue weighted by atomic mass is 35.5. The number of nitro benzene ring substituents is 1. The molecule has 168 valence electrons. The van der Waals surface area contributed by atoms with Gasteiger partial charge in [-0.3, -0.25) is 15.1 Å². The van der Waals surface area contributed by atoms with Crippen LogP contribution in [0, 0.1) is 10.1 Å². The number of fused-ring (bicyclic) bond motifs is 1. The number of benzene rings is 4. The first-order valence-corrected chi connectivity index (χ1v) is 10.3. The van der Waals surface area contributed by atoms with Gasteiger partial charge in [-0.2, -0.15) is 0 Å². The molecule has 0 aliphatic carbocycles. The predicted octanol–water partition coefficient (Wildman–Crippen LogP) is 4.73. The second kappa shape index (κ2) is 9.51. The number of ether oxygens (including phenoxy) is 1. The van der Waals surface area contributed by atoms with Crippen LogP contribution in [0.25, 0.3) is 10.8 Å². The third kappa shape index (κ3) is 4.62. The number of rotatable bonds is 6. The molecule has 0 aromatic heterocycles. The van der Waals surface area contributed by atoms with Crippen molar-refractivity contribution >= 4 is 51.9 Å². The maximum Gasteiger partial charge on any atom is 0.351 e. The van der Waals surface area contributed by atoms with Crippen molar-refractivity contribution in [2.75, 3.05) is 0 Å². The van der Waals surface area contributed by atoms with Crippen molar-refractivity contribution in [3.8, 4) is 5.75 Å². The molecule has 9 heteroatoms. The van der Waals surface area contributed by atoms with E-state index in [0.29, 0.717) is 21.7 Å². The first kappa shape index (κ1) is 22.6. The molecule has 0 radical (unpaired) electrons. The molecule has 0 heterocycles. The fraction of sp³-hybridized carbons (Fsp3) is 0. The lowest BCUT2D eigenvalue weighted by Gasteiger charge is -2.13. The van der Waals surface area contributed by atoms with Gasteiger partial charge in [-0.25, -0.2) is 4.79 Å². The fourth-order valence-corrected chi connectivity index (χ4v) is 3.52. The number of halogens is 1. The predicted molar refractivity (Wildman–Crippen MR) is 125 cm³/mol. The molecule has 4 rings (SSSR count). The minimum absolute atomic E-state index is 0.0452. The number of aromatic carboxylic acids is 1. The molecule has 0 bridgehead atoms. The van der Waals surface area contributed by atoms with Crippen molar-refractivity contribution in [2.24, 2.45) is 4.99 Å². The van der Waals surface area contributed by atoms with E-state index in [2.05, 4.69) is 4.99 Å². The molecule has 0 aliphatic heterocycles. The largest absolute Gasteiger partial charge is 0.545 e. The van der Waals surface area contributed by atoms with Crippen LogP contribution in [0.15, 0.2) is 83.9 Å². The van der Waals surface area contributed by atoms with Crippen molar-refractivity contribution in [3.05, 3.63) is 111 Å². The van der Waals surface area contributed by atoms with E-state index in [1.165, 1.54) is 12.3 Å². The number of carboxylic acids is 1. The van der Waals surface area contributed by atoms with Gasteiger partial charge in [0, 0.05) is 28.4 Å². The second-order valence-electron chi connectivity index (χ2n) is 7.07. The Morgan fingerprint density at radius 3 is 2.38 bits per heavy atom. The van der Waals surface area contributed by atoms with Gasteiger partial charge in [0.05, 0.1) is 16.6 Å². The van der Waals surface area contributed by atoms with Gasteiger partial charge in [-0.05, 0) is 41.1 Å². The minimum Gasteiger partial charge on any atom is -0.545 e. The number of aliphatic imine (C=N–C) groups is 1. The molecule has 8 nitrogen and oxygen atoms in total. The molecule has 0 unspecified atom stereocenters. The molecule has 0 spiro atoms. The Kier molecular flexibility index (Phi) is 6.33. The molecule has 0 fully saturated rings. The first-order chi connectivity index (χ1) is 16.3. The van der Waals surface area contributed by atoms with Crippen molar-refractivity contribution in [3.63, 3.8) is 0 Å². The first-order valence-electron chi connectivity index (χ1n) is 9.87. The Hall–Kier alpha value is -4.56. The Morgan fingerprint density at radius 2 is 1.68 bits per heavy atom. The Balaban J connectivity index is 1.81. The van der Waals surface area contributed by atoms with Gasteiger partial charge in [-0.15, -0.1) is 0 Å². The summed E-state index contributed by atoms with van der Waals surface area (Å²) in [5.41, 5.74) is -1.04. The van der Waals surface area contributed by atoms with Crippen molar-refractivity contribution in [1.82, 2.24) is 0 Å². The summed E-state index contributed by atoms with van der Waals surface area (Å²) in [6.07, 6.45) is 1.49. The zero-order chi connectivity index (χ0) is 24.2. The number of hydrogen-bond acceptors (Lipinski definition) is 7. The van der Waals surface area contributed by atoms with Gasteiger partial charge in [0.15, 0.2) is 0 Å². The van der Waals surface area contributed by atoms with Crippen molar-refractivity contribution in [1.29, 1.82) is 0 Å². The summed E-state index contributed by atoms with van der Waals surface area (Å²) in [4.78, 5) is 39.5. The maximum absolute atomic E-state index is 13.0. The molecule has 34 heavy (non-hydrogen) atoms. The normalized spacial score (nSPS) is 11.0. The minimum atomic E-state index is -1.74. The van der Waals surface area contributed by atoms with Gasteiger partial charge in [0.2, 0.25) is 0 Å². The molecule has 0 saturated carbocycles. The van der Waals surface area contributed by atoms with Gasteiger partial charge < -0.3 is 14.6 Å². The van der Waals surface area contributed by atoms with E-state index < -0.39 is 33.7 Å². The van der Waals surface area contributed by atoms with Crippen LogP contribution >= 0.6 is 11.6 Å². The smallest absolute Gasteiger partial charge is 0.351 e. The Labute approximate surface area is 197 Å². The number of carboxylic acid groups (broad SMARTS) is 1. The summed E-state index contributed by atoms with van der Waals surface area (Å²) in [7, 11) is 0. The van der Waals surface area contributed by atoms with E-state index in [0.717, 1.165) is 23.6 Å². The van der Waals surface area contributed by atoms with Gasteiger partial charge in [0.25, 0.3) is 5.69 Å². The quantitative estimate of drug-likeness (QED) is 0.131. The Bertz CT molecular complexity index is 1430. The second-order valence-corrected chi connectivity index (χ2v) is 7.50. The summed E-state index contributed by atoms with van der Waals surface area (Å²) < 4.78 is 5.48. The van der Waals surface area contributed by atoms with Crippen LogP contribution in [0.4, 0.5) is 11.4 Å². The van der Waals surface area contributed by atoms with Crippen LogP contribution in [-0.4, -0.2) is 23.1 Å². The highest BCUT2D eigenvalue weighted by molar-refractivity contribution is 6.30. The maximum atomic E-state index is 13.0. The SMILES string of the molecule is O=C([O-])c1cccc([N+](=O)[O-])c1C(=O)Oc1ccc2ccccc2c1C=Nc1ccc(Cl)cc1. The van der Waals surface area contributed by atoms with Gasteiger partial charge in [0.1, 0.15) is 11.3 Å². The molecule has 0 N–H and O–H groups in total. The van der Waals surface area contributed by atoms with E-state index in [-0.39, 0.29) is 5.75 Å². The summed E-state index contributed by atoms with van der Waals surface area (Å²) in [6, 6.07) is 20.5. The summed E-state index contributed by atoms with van der Waals surface area (Å²) >= 11 is 5.91. The molecule has 0 amide bonds. The molecule has 0 aliphatic rings. The molecule has 4 aromatic carbocycles. The summed E-state index contributed by atoms with van der Waals surface area (Å²) in [6.45, 7) is 0. The van der Waals surface area contributed by atoms with Crippen LogP contribution < -0.4 is 9.84 Å². The number of hydrogen-bond donors (Lipinski definition) is 0. The van der Waals surface area contributed by atoms with E-state index in [9.17, 15) is 24.8 Å². The molecule has 0 saturated heterocycles. The standard InChI is InChI=1S/C25H15ClN2O6/c26-16-9-11-17(12-10-16)27-14-20-18-5-2-1-4-15(18)8-13-22(20)34-25(31)23-19(24(29)30)6-3-7-21(23)28(32)33/h1-14H,(H,29,30)/p-1. The lowest BCUT2D eigenvalue weighted by atomic mass is 10.0. The van der Waals surface area contributed by atoms with Gasteiger partial charge >= 0.3 is 5.97 Å². The molecule has 0 atom stereocenters. The average molecular weight is 474 g/mol. The van der Waals surface area contributed by atoms with E-state index in [1.807, 2.05) is 12.1 Å². The number of nitrogens with zero attached hydrogens (tertiary/aromatic N) is 2. The van der Waals surface area contributed by atoms with Crippen LogP contribution in [0.5, 0.6) is 5.75 Å². The van der Waals surface area contributed by atoms with Crippen LogP contribution in [0.2, 0.25) is 5.02 Å². The van der Waals surface area contributed by atoms with Crippen LogP contribution in [0.3, 0.4) is 0 Å². The number of nitro groups is 1. The fourth-order valence-electron chi connectivity index (χ4n) is 3.39. The van der Waals surface area contributed by atoms with E-state index in [1.54, 1.807) is 42.5 Å². The number of esters is 1. The lowest BCUT2D eigenvalue weighted by molar-refractivity contribution is -0.385. The average Bonchev–Trinajstić information content (AvgIpc) is 2.83. The molecular weight excluding hydrogens is 460 g/mol. The third-order valence-corrected chi connectivity index (χ3v) is 5.22. The van der Waals surface area contributed by atoms with Crippen LogP contribution in [-0.2, 0) is 0 Å². The number of carbonyl (C=O) groups excluding carboxylic acids is 2. The Morgan fingerprint density at radius 1 is 0.941 bits per heavy atom. The highest BCUT2D eigenvalue weighted by Crippen LogP contribution is 2.30. The summed E-state index contributed by atoms with van der Waals surface area (Å²) in [5.74, 6) is -2.90. The molecular formula is C25H14ClN2O6-. The topological polar surface area (TPSA) is 122 Å². The monoisotopic (exact) mass is 473 g/mol.